The molecule has 0 aromatic heterocycles. The van der Waals surface area contributed by atoms with Gasteiger partial charge in [-0.15, -0.1) is 11.8 Å². The molecule has 0 radical (unpaired) electrons. The molecule has 0 amide bonds. The molecule has 1 rings (SSSR count). The van der Waals surface area contributed by atoms with Crippen molar-refractivity contribution in [2.45, 2.75) is 31.7 Å². The van der Waals surface area contributed by atoms with E-state index in [9.17, 15) is 0 Å². The standard InChI is InChI=1S/C13H22N2S/c1-4-16-12-7-5-11(6-8-12)15-13(9-14)10(2)3/h5-8,10,13,15H,4,9,14H2,1-3H3. The van der Waals surface area contributed by atoms with E-state index >= 15 is 0 Å². The fourth-order valence-electron chi connectivity index (χ4n) is 1.53. The van der Waals surface area contributed by atoms with E-state index in [0.29, 0.717) is 18.5 Å². The van der Waals surface area contributed by atoms with Crippen LogP contribution < -0.4 is 11.1 Å². The first-order valence-corrected chi connectivity index (χ1v) is 6.85. The summed E-state index contributed by atoms with van der Waals surface area (Å²) in [5.41, 5.74) is 6.89. The largest absolute Gasteiger partial charge is 0.381 e. The summed E-state index contributed by atoms with van der Waals surface area (Å²) in [6, 6.07) is 8.92. The number of nitrogens with one attached hydrogen (secondary N) is 1. The van der Waals surface area contributed by atoms with E-state index in [1.54, 1.807) is 0 Å². The molecule has 1 aromatic rings. The summed E-state index contributed by atoms with van der Waals surface area (Å²) in [5, 5.41) is 3.46. The molecule has 0 saturated carbocycles. The van der Waals surface area contributed by atoms with E-state index in [4.69, 9.17) is 5.73 Å². The quantitative estimate of drug-likeness (QED) is 0.747. The summed E-state index contributed by atoms with van der Waals surface area (Å²) in [7, 11) is 0. The van der Waals surface area contributed by atoms with Gasteiger partial charge in [-0.05, 0) is 35.9 Å². The van der Waals surface area contributed by atoms with Gasteiger partial charge in [-0.25, -0.2) is 0 Å². The molecule has 16 heavy (non-hydrogen) atoms. The van der Waals surface area contributed by atoms with E-state index in [1.165, 1.54) is 4.90 Å². The lowest BCUT2D eigenvalue weighted by atomic mass is 10.0. The molecule has 3 N–H and O–H groups in total. The van der Waals surface area contributed by atoms with Crippen molar-refractivity contribution >= 4 is 17.4 Å². The molecular formula is C13H22N2S. The summed E-state index contributed by atoms with van der Waals surface area (Å²) in [6.07, 6.45) is 0. The van der Waals surface area contributed by atoms with Crippen LogP contribution in [0.15, 0.2) is 29.2 Å². The second kappa shape index (κ2) is 6.81. The smallest absolute Gasteiger partial charge is 0.0406 e. The zero-order valence-corrected chi connectivity index (χ0v) is 11.2. The first-order chi connectivity index (χ1) is 7.67. The van der Waals surface area contributed by atoms with Gasteiger partial charge in [-0.1, -0.05) is 20.8 Å². The molecule has 0 aliphatic heterocycles. The first-order valence-electron chi connectivity index (χ1n) is 5.86. The summed E-state index contributed by atoms with van der Waals surface area (Å²) in [4.78, 5) is 1.32. The number of rotatable bonds is 6. The Kier molecular flexibility index (Phi) is 5.71. The second-order valence-electron chi connectivity index (χ2n) is 4.19. The molecule has 0 aliphatic rings. The van der Waals surface area contributed by atoms with Crippen LogP contribution in [0, 0.1) is 5.92 Å². The third-order valence-corrected chi connectivity index (χ3v) is 3.47. The molecule has 0 spiro atoms. The molecule has 90 valence electrons. The van der Waals surface area contributed by atoms with Crippen LogP contribution in [0.3, 0.4) is 0 Å². The normalized spacial score (nSPS) is 12.8. The lowest BCUT2D eigenvalue weighted by molar-refractivity contribution is 0.531. The first kappa shape index (κ1) is 13.4. The summed E-state index contributed by atoms with van der Waals surface area (Å²) in [6.45, 7) is 7.21. The minimum Gasteiger partial charge on any atom is -0.381 e. The van der Waals surface area contributed by atoms with Gasteiger partial charge in [-0.2, -0.15) is 0 Å². The maximum Gasteiger partial charge on any atom is 0.0406 e. The molecule has 0 heterocycles. The van der Waals surface area contributed by atoms with E-state index < -0.39 is 0 Å². The van der Waals surface area contributed by atoms with E-state index in [2.05, 4.69) is 50.4 Å². The number of thioether (sulfide) groups is 1. The van der Waals surface area contributed by atoms with Gasteiger partial charge in [0.25, 0.3) is 0 Å². The number of hydrogen-bond acceptors (Lipinski definition) is 3. The maximum atomic E-state index is 5.73. The Morgan fingerprint density at radius 3 is 2.31 bits per heavy atom. The monoisotopic (exact) mass is 238 g/mol. The van der Waals surface area contributed by atoms with E-state index in [0.717, 1.165) is 11.4 Å². The molecule has 1 unspecified atom stereocenters. The SMILES string of the molecule is CCSc1ccc(NC(CN)C(C)C)cc1. The minimum atomic E-state index is 0.352. The summed E-state index contributed by atoms with van der Waals surface area (Å²) < 4.78 is 0. The molecule has 0 fully saturated rings. The topological polar surface area (TPSA) is 38.0 Å². The van der Waals surface area contributed by atoms with Crippen LogP contribution in [-0.4, -0.2) is 18.3 Å². The molecule has 0 aliphatic carbocycles. The Balaban J connectivity index is 2.60. The Bertz CT molecular complexity index is 295. The Labute approximate surface area is 103 Å². The van der Waals surface area contributed by atoms with Crippen LogP contribution in [0.5, 0.6) is 0 Å². The third kappa shape index (κ3) is 4.06. The van der Waals surface area contributed by atoms with Crippen molar-refractivity contribution in [1.82, 2.24) is 0 Å². The lowest BCUT2D eigenvalue weighted by Crippen LogP contribution is -2.33. The highest BCUT2D eigenvalue weighted by molar-refractivity contribution is 7.99. The molecular weight excluding hydrogens is 216 g/mol. The van der Waals surface area contributed by atoms with Crippen LogP contribution >= 0.6 is 11.8 Å². The van der Waals surface area contributed by atoms with Gasteiger partial charge in [0.15, 0.2) is 0 Å². The van der Waals surface area contributed by atoms with Crippen molar-refractivity contribution in [2.24, 2.45) is 11.7 Å². The van der Waals surface area contributed by atoms with E-state index in [-0.39, 0.29) is 0 Å². The average Bonchev–Trinajstić information content (AvgIpc) is 2.28. The second-order valence-corrected chi connectivity index (χ2v) is 5.53. The number of hydrogen-bond donors (Lipinski definition) is 2. The zero-order chi connectivity index (χ0) is 12.0. The Morgan fingerprint density at radius 2 is 1.88 bits per heavy atom. The average molecular weight is 238 g/mol. The van der Waals surface area contributed by atoms with E-state index in [1.807, 2.05) is 11.8 Å². The third-order valence-electron chi connectivity index (χ3n) is 2.58. The van der Waals surface area contributed by atoms with Crippen molar-refractivity contribution < 1.29 is 0 Å². The highest BCUT2D eigenvalue weighted by atomic mass is 32.2. The predicted octanol–water partition coefficient (Wildman–Crippen LogP) is 3.19. The molecule has 3 heteroatoms. The molecule has 1 aromatic carbocycles. The van der Waals surface area contributed by atoms with Gasteiger partial charge in [-0.3, -0.25) is 0 Å². The molecule has 0 bridgehead atoms. The maximum absolute atomic E-state index is 5.73. The summed E-state index contributed by atoms with van der Waals surface area (Å²) >= 11 is 1.86. The van der Waals surface area contributed by atoms with Gasteiger partial charge in [0, 0.05) is 23.2 Å². The summed E-state index contributed by atoms with van der Waals surface area (Å²) in [5.74, 6) is 1.67. The van der Waals surface area contributed by atoms with Crippen LogP contribution in [0.25, 0.3) is 0 Å². The van der Waals surface area contributed by atoms with Crippen molar-refractivity contribution in [3.63, 3.8) is 0 Å². The highest BCUT2D eigenvalue weighted by Crippen LogP contribution is 2.20. The molecule has 1 atom stereocenters. The van der Waals surface area contributed by atoms with Crippen LogP contribution in [0.4, 0.5) is 5.69 Å². The number of benzene rings is 1. The lowest BCUT2D eigenvalue weighted by Gasteiger charge is -2.21. The highest BCUT2D eigenvalue weighted by Gasteiger charge is 2.10. The zero-order valence-electron chi connectivity index (χ0n) is 10.4. The van der Waals surface area contributed by atoms with Gasteiger partial charge in [0.1, 0.15) is 0 Å². The number of nitrogens with two attached hydrogens (primary N) is 1. The Morgan fingerprint density at radius 1 is 1.25 bits per heavy atom. The van der Waals surface area contributed by atoms with Crippen LogP contribution in [-0.2, 0) is 0 Å². The fourth-order valence-corrected chi connectivity index (χ4v) is 2.19. The van der Waals surface area contributed by atoms with Crippen molar-refractivity contribution in [1.29, 1.82) is 0 Å². The van der Waals surface area contributed by atoms with Gasteiger partial charge in [0.2, 0.25) is 0 Å². The predicted molar refractivity (Wildman–Crippen MR) is 74.1 cm³/mol. The molecule has 0 saturated heterocycles. The van der Waals surface area contributed by atoms with Gasteiger partial charge < -0.3 is 11.1 Å². The molecule has 2 nitrogen and oxygen atoms in total. The fraction of sp³-hybridized carbons (Fsp3) is 0.538. The van der Waals surface area contributed by atoms with Crippen molar-refractivity contribution in [3.8, 4) is 0 Å². The van der Waals surface area contributed by atoms with Gasteiger partial charge >= 0.3 is 0 Å². The number of anilines is 1. The minimum absolute atomic E-state index is 0.352. The van der Waals surface area contributed by atoms with Crippen LogP contribution in [0.1, 0.15) is 20.8 Å². The van der Waals surface area contributed by atoms with Crippen LogP contribution in [0.2, 0.25) is 0 Å². The van der Waals surface area contributed by atoms with Crippen molar-refractivity contribution in [2.75, 3.05) is 17.6 Å². The Hall–Kier alpha value is -0.670. The van der Waals surface area contributed by atoms with Gasteiger partial charge in [0.05, 0.1) is 0 Å². The van der Waals surface area contributed by atoms with Crippen molar-refractivity contribution in [3.05, 3.63) is 24.3 Å².